The van der Waals surface area contributed by atoms with Crippen molar-refractivity contribution in [3.63, 3.8) is 0 Å². The van der Waals surface area contributed by atoms with Crippen LogP contribution in [0.5, 0.6) is 0 Å². The molecule has 0 aromatic rings. The quantitative estimate of drug-likeness (QED) is 0.809. The number of nitriles is 1. The first-order chi connectivity index (χ1) is 10.4. The summed E-state index contributed by atoms with van der Waals surface area (Å²) in [4.78, 5) is 24.6. The maximum atomic E-state index is 12.9. The van der Waals surface area contributed by atoms with Gasteiger partial charge in [0.25, 0.3) is 0 Å². The molecule has 5 heteroatoms. The predicted octanol–water partition coefficient (Wildman–Crippen LogP) is 1.72. The molecule has 0 aliphatic heterocycles. The number of carbonyl (C=O) groups excluding carboxylic acids is 2. The molecular weight excluding hydrogens is 278 g/mol. The van der Waals surface area contributed by atoms with Crippen molar-refractivity contribution in [2.24, 2.45) is 34.8 Å². The fraction of sp³-hybridized carbons (Fsp3) is 0.824. The molecule has 0 saturated heterocycles. The summed E-state index contributed by atoms with van der Waals surface area (Å²) in [5, 5.41) is 11.7. The van der Waals surface area contributed by atoms with E-state index in [2.05, 4.69) is 11.4 Å². The highest BCUT2D eigenvalue weighted by atomic mass is 16.2. The summed E-state index contributed by atoms with van der Waals surface area (Å²) in [7, 11) is 0. The van der Waals surface area contributed by atoms with Gasteiger partial charge in [0.05, 0.1) is 6.07 Å². The van der Waals surface area contributed by atoms with Crippen molar-refractivity contribution in [1.82, 2.24) is 5.32 Å². The average molecular weight is 303 g/mol. The fourth-order valence-electron chi connectivity index (χ4n) is 5.44. The predicted molar refractivity (Wildman–Crippen MR) is 81.1 cm³/mol. The molecule has 0 aromatic heterocycles. The fourth-order valence-corrected chi connectivity index (χ4v) is 5.44. The monoisotopic (exact) mass is 303 g/mol. The highest BCUT2D eigenvalue weighted by Gasteiger charge is 2.55. The second kappa shape index (κ2) is 5.57. The molecule has 4 bridgehead atoms. The maximum absolute atomic E-state index is 12.9. The highest BCUT2D eigenvalue weighted by molar-refractivity contribution is 5.89. The summed E-state index contributed by atoms with van der Waals surface area (Å²) in [6.45, 7) is 1.79. The van der Waals surface area contributed by atoms with E-state index in [-0.39, 0.29) is 23.7 Å². The highest BCUT2D eigenvalue weighted by Crippen LogP contribution is 2.60. The Bertz CT molecular complexity index is 487. The number of rotatable bonds is 5. The molecule has 2 amide bonds. The maximum Gasteiger partial charge on any atom is 0.240 e. The third-order valence-corrected chi connectivity index (χ3v) is 6.10. The molecule has 120 valence electrons. The van der Waals surface area contributed by atoms with Gasteiger partial charge in [0.15, 0.2) is 0 Å². The Morgan fingerprint density at radius 3 is 2.14 bits per heavy atom. The lowest BCUT2D eigenvalue weighted by Crippen LogP contribution is -2.58. The molecule has 0 unspecified atom stereocenters. The van der Waals surface area contributed by atoms with Crippen LogP contribution in [0.2, 0.25) is 0 Å². The number of carbonyl (C=O) groups is 2. The first-order valence-corrected chi connectivity index (χ1v) is 8.41. The van der Waals surface area contributed by atoms with Crippen LogP contribution >= 0.6 is 0 Å². The first kappa shape index (κ1) is 15.3. The van der Waals surface area contributed by atoms with Crippen molar-refractivity contribution in [3.8, 4) is 6.07 Å². The van der Waals surface area contributed by atoms with Crippen molar-refractivity contribution >= 4 is 11.8 Å². The summed E-state index contributed by atoms with van der Waals surface area (Å²) >= 11 is 0. The molecule has 2 atom stereocenters. The number of amides is 2. The standard InChI is InChI=1S/C17H25N3O2/c1-10(2-3-18)14(15(19)21)20-16(22)17-7-11-4-12(8-17)6-13(5-11)9-17/h10-14H,2,4-9H2,1H3,(H2,19,21)(H,20,22)/t10-,11?,12?,13?,14+,17?/m1/s1. The van der Waals surface area contributed by atoms with Gasteiger partial charge < -0.3 is 11.1 Å². The van der Waals surface area contributed by atoms with Crippen LogP contribution in [0.3, 0.4) is 0 Å². The smallest absolute Gasteiger partial charge is 0.240 e. The number of primary amides is 1. The third kappa shape index (κ3) is 2.60. The number of hydrogen-bond acceptors (Lipinski definition) is 3. The third-order valence-electron chi connectivity index (χ3n) is 6.10. The molecule has 4 saturated carbocycles. The molecule has 0 heterocycles. The minimum absolute atomic E-state index is 0.000176. The Morgan fingerprint density at radius 1 is 1.23 bits per heavy atom. The summed E-state index contributed by atoms with van der Waals surface area (Å²) in [6.07, 6.45) is 6.92. The Labute approximate surface area is 131 Å². The van der Waals surface area contributed by atoms with E-state index in [9.17, 15) is 9.59 Å². The van der Waals surface area contributed by atoms with Crippen molar-refractivity contribution in [1.29, 1.82) is 5.26 Å². The van der Waals surface area contributed by atoms with E-state index in [0.29, 0.717) is 17.8 Å². The molecule has 3 N–H and O–H groups in total. The number of hydrogen-bond donors (Lipinski definition) is 2. The van der Waals surface area contributed by atoms with E-state index >= 15 is 0 Å². The molecule has 22 heavy (non-hydrogen) atoms. The van der Waals surface area contributed by atoms with E-state index in [4.69, 9.17) is 11.0 Å². The van der Waals surface area contributed by atoms with E-state index < -0.39 is 11.9 Å². The van der Waals surface area contributed by atoms with Gasteiger partial charge in [-0.2, -0.15) is 5.26 Å². The van der Waals surface area contributed by atoms with Gasteiger partial charge >= 0.3 is 0 Å². The van der Waals surface area contributed by atoms with E-state index in [1.54, 1.807) is 6.92 Å². The van der Waals surface area contributed by atoms with Crippen LogP contribution in [0.15, 0.2) is 0 Å². The lowest BCUT2D eigenvalue weighted by Gasteiger charge is -2.55. The molecule has 4 aliphatic carbocycles. The Balaban J connectivity index is 1.73. The Kier molecular flexibility index (Phi) is 3.88. The molecule has 5 nitrogen and oxygen atoms in total. The van der Waals surface area contributed by atoms with E-state index in [1.165, 1.54) is 19.3 Å². The average Bonchev–Trinajstić information content (AvgIpc) is 2.42. The van der Waals surface area contributed by atoms with Gasteiger partial charge in [-0.1, -0.05) is 6.92 Å². The molecule has 4 rings (SSSR count). The summed E-state index contributed by atoms with van der Waals surface area (Å²) in [6, 6.07) is 1.32. The molecule has 4 aliphatic rings. The number of nitrogens with one attached hydrogen (secondary N) is 1. The van der Waals surface area contributed by atoms with Gasteiger partial charge in [-0.25, -0.2) is 0 Å². The minimum Gasteiger partial charge on any atom is -0.368 e. The largest absolute Gasteiger partial charge is 0.368 e. The Hall–Kier alpha value is -1.57. The van der Waals surface area contributed by atoms with Gasteiger partial charge in [-0.3, -0.25) is 9.59 Å². The summed E-state index contributed by atoms with van der Waals surface area (Å²) in [5.41, 5.74) is 5.16. The van der Waals surface area contributed by atoms with Gasteiger partial charge in [0.2, 0.25) is 11.8 Å². The van der Waals surface area contributed by atoms with Gasteiger partial charge in [0.1, 0.15) is 6.04 Å². The van der Waals surface area contributed by atoms with Crippen molar-refractivity contribution in [2.45, 2.75) is 57.9 Å². The zero-order valence-electron chi connectivity index (χ0n) is 13.2. The van der Waals surface area contributed by atoms with Crippen LogP contribution in [0.25, 0.3) is 0 Å². The van der Waals surface area contributed by atoms with Crippen molar-refractivity contribution in [2.75, 3.05) is 0 Å². The van der Waals surface area contributed by atoms with Crippen LogP contribution in [-0.4, -0.2) is 17.9 Å². The van der Waals surface area contributed by atoms with Gasteiger partial charge in [0, 0.05) is 11.8 Å². The second-order valence-electron chi connectivity index (χ2n) is 7.89. The number of nitrogens with zero attached hydrogens (tertiary/aromatic N) is 1. The van der Waals surface area contributed by atoms with Crippen LogP contribution in [0, 0.1) is 40.4 Å². The van der Waals surface area contributed by atoms with Gasteiger partial charge in [-0.05, 0) is 62.2 Å². The molecule has 4 fully saturated rings. The minimum atomic E-state index is -0.736. The van der Waals surface area contributed by atoms with Crippen LogP contribution < -0.4 is 11.1 Å². The second-order valence-corrected chi connectivity index (χ2v) is 7.89. The van der Waals surface area contributed by atoms with Gasteiger partial charge in [-0.15, -0.1) is 0 Å². The molecule has 0 aromatic carbocycles. The van der Waals surface area contributed by atoms with Crippen molar-refractivity contribution < 1.29 is 9.59 Å². The topological polar surface area (TPSA) is 96.0 Å². The van der Waals surface area contributed by atoms with Crippen LogP contribution in [0.1, 0.15) is 51.9 Å². The van der Waals surface area contributed by atoms with Crippen LogP contribution in [-0.2, 0) is 9.59 Å². The molecule has 0 radical (unpaired) electrons. The molecule has 0 spiro atoms. The first-order valence-electron chi connectivity index (χ1n) is 8.41. The molecular formula is C17H25N3O2. The zero-order chi connectivity index (χ0) is 15.9. The summed E-state index contributed by atoms with van der Waals surface area (Å²) < 4.78 is 0. The lowest BCUT2D eigenvalue weighted by molar-refractivity contribution is -0.148. The van der Waals surface area contributed by atoms with E-state index in [0.717, 1.165) is 19.3 Å². The van der Waals surface area contributed by atoms with Crippen LogP contribution in [0.4, 0.5) is 0 Å². The van der Waals surface area contributed by atoms with E-state index in [1.807, 2.05) is 0 Å². The van der Waals surface area contributed by atoms with Crippen molar-refractivity contribution in [3.05, 3.63) is 0 Å². The zero-order valence-corrected chi connectivity index (χ0v) is 13.2. The normalized spacial score (nSPS) is 38.1. The summed E-state index contributed by atoms with van der Waals surface area (Å²) in [5.74, 6) is 1.25. The SMILES string of the molecule is C[C@H](CC#N)[C@H](NC(=O)C12CC3CC(CC(C3)C1)C2)C(N)=O. The lowest BCUT2D eigenvalue weighted by atomic mass is 9.49. The number of nitrogens with two attached hydrogens (primary N) is 1. The Morgan fingerprint density at radius 2 is 1.73 bits per heavy atom.